The van der Waals surface area contributed by atoms with E-state index in [1.165, 1.54) is 13.2 Å². The van der Waals surface area contributed by atoms with Gasteiger partial charge in [-0.25, -0.2) is 4.39 Å². The Labute approximate surface area is 130 Å². The minimum atomic E-state index is -0.447. The summed E-state index contributed by atoms with van der Waals surface area (Å²) in [4.78, 5) is 0. The zero-order valence-electron chi connectivity index (χ0n) is 11.0. The van der Waals surface area contributed by atoms with E-state index in [1.807, 2.05) is 18.2 Å². The summed E-state index contributed by atoms with van der Waals surface area (Å²) in [6, 6.07) is 10.2. The molecule has 1 unspecified atom stereocenters. The molecule has 0 bridgehead atoms. The van der Waals surface area contributed by atoms with Crippen molar-refractivity contribution in [2.45, 2.75) is 5.38 Å². The van der Waals surface area contributed by atoms with E-state index in [0.29, 0.717) is 5.56 Å². The number of hydrogen-bond acceptors (Lipinski definition) is 2. The molecular formula is C15H13BrClFO2. The van der Waals surface area contributed by atoms with Crippen LogP contribution in [0.15, 0.2) is 40.9 Å². The standard InChI is InChI=1S/C15H13BrClFO2/c1-19-13-5-3-9(7-11(13)16)15(17)10-4-6-14(20-2)12(18)8-10/h3-8,15H,1-2H3. The smallest absolute Gasteiger partial charge is 0.165 e. The molecule has 0 aliphatic carbocycles. The molecule has 0 spiro atoms. The Hall–Kier alpha value is -1.26. The molecule has 0 aromatic heterocycles. The van der Waals surface area contributed by atoms with Crippen LogP contribution in [0.5, 0.6) is 11.5 Å². The van der Waals surface area contributed by atoms with Gasteiger partial charge in [-0.3, -0.25) is 0 Å². The molecule has 20 heavy (non-hydrogen) atoms. The molecule has 0 heterocycles. The normalized spacial score (nSPS) is 12.1. The third-order valence-corrected chi connectivity index (χ3v) is 4.06. The van der Waals surface area contributed by atoms with Gasteiger partial charge in [0.1, 0.15) is 5.75 Å². The predicted octanol–water partition coefficient (Wildman–Crippen LogP) is 4.93. The second-order valence-electron chi connectivity index (χ2n) is 4.15. The Kier molecular flexibility index (Phi) is 4.89. The lowest BCUT2D eigenvalue weighted by Crippen LogP contribution is -1.97. The maximum Gasteiger partial charge on any atom is 0.165 e. The van der Waals surface area contributed by atoms with Crippen LogP contribution in [-0.4, -0.2) is 14.2 Å². The summed E-state index contributed by atoms with van der Waals surface area (Å²) in [6.07, 6.45) is 0. The minimum Gasteiger partial charge on any atom is -0.496 e. The van der Waals surface area contributed by atoms with Crippen LogP contribution in [0, 0.1) is 5.82 Å². The van der Waals surface area contributed by atoms with Crippen LogP contribution in [0.25, 0.3) is 0 Å². The third kappa shape index (κ3) is 3.07. The lowest BCUT2D eigenvalue weighted by molar-refractivity contribution is 0.386. The van der Waals surface area contributed by atoms with Gasteiger partial charge in [-0.1, -0.05) is 12.1 Å². The summed E-state index contributed by atoms with van der Waals surface area (Å²) in [5, 5.41) is -0.447. The van der Waals surface area contributed by atoms with Crippen molar-refractivity contribution in [1.82, 2.24) is 0 Å². The number of rotatable bonds is 4. The average molecular weight is 360 g/mol. The quantitative estimate of drug-likeness (QED) is 0.720. The molecule has 2 aromatic rings. The van der Waals surface area contributed by atoms with Crippen LogP contribution >= 0.6 is 27.5 Å². The van der Waals surface area contributed by atoms with E-state index < -0.39 is 11.2 Å². The lowest BCUT2D eigenvalue weighted by atomic mass is 10.0. The van der Waals surface area contributed by atoms with E-state index in [0.717, 1.165) is 15.8 Å². The van der Waals surface area contributed by atoms with Crippen LogP contribution in [0.3, 0.4) is 0 Å². The highest BCUT2D eigenvalue weighted by molar-refractivity contribution is 9.10. The average Bonchev–Trinajstić information content (AvgIpc) is 2.46. The van der Waals surface area contributed by atoms with Crippen LogP contribution in [-0.2, 0) is 0 Å². The molecule has 1 atom stereocenters. The van der Waals surface area contributed by atoms with Crippen molar-refractivity contribution in [3.8, 4) is 11.5 Å². The van der Waals surface area contributed by atoms with Crippen molar-refractivity contribution < 1.29 is 13.9 Å². The largest absolute Gasteiger partial charge is 0.496 e. The number of halogens is 3. The molecule has 2 aromatic carbocycles. The second-order valence-corrected chi connectivity index (χ2v) is 5.44. The summed E-state index contributed by atoms with van der Waals surface area (Å²) >= 11 is 9.81. The Morgan fingerprint density at radius 1 is 1.00 bits per heavy atom. The van der Waals surface area contributed by atoms with Gasteiger partial charge in [-0.15, -0.1) is 11.6 Å². The molecule has 0 N–H and O–H groups in total. The van der Waals surface area contributed by atoms with Crippen molar-refractivity contribution in [3.05, 3.63) is 57.8 Å². The van der Waals surface area contributed by atoms with Gasteiger partial charge < -0.3 is 9.47 Å². The van der Waals surface area contributed by atoms with Gasteiger partial charge in [0.15, 0.2) is 11.6 Å². The first kappa shape index (κ1) is 15.1. The Balaban J connectivity index is 2.33. The second kappa shape index (κ2) is 6.46. The number of methoxy groups -OCH3 is 2. The zero-order chi connectivity index (χ0) is 14.7. The van der Waals surface area contributed by atoms with Crippen LogP contribution in [0.1, 0.15) is 16.5 Å². The summed E-state index contributed by atoms with van der Waals surface area (Å²) in [5.74, 6) is 0.496. The molecule has 0 amide bonds. The first-order valence-electron chi connectivity index (χ1n) is 5.87. The van der Waals surface area contributed by atoms with Crippen molar-refractivity contribution in [3.63, 3.8) is 0 Å². The number of hydrogen-bond donors (Lipinski definition) is 0. The number of alkyl halides is 1. The van der Waals surface area contributed by atoms with E-state index in [9.17, 15) is 4.39 Å². The van der Waals surface area contributed by atoms with Gasteiger partial charge in [0.05, 0.1) is 24.1 Å². The molecule has 0 fully saturated rings. The van der Waals surface area contributed by atoms with Gasteiger partial charge in [-0.2, -0.15) is 0 Å². The maximum atomic E-state index is 13.7. The van der Waals surface area contributed by atoms with Crippen molar-refractivity contribution in [1.29, 1.82) is 0 Å². The number of benzene rings is 2. The molecule has 2 rings (SSSR count). The van der Waals surface area contributed by atoms with Gasteiger partial charge >= 0.3 is 0 Å². The molecule has 0 saturated heterocycles. The summed E-state index contributed by atoms with van der Waals surface area (Å²) < 4.78 is 24.6. The van der Waals surface area contributed by atoms with Crippen molar-refractivity contribution >= 4 is 27.5 Å². The fourth-order valence-corrected chi connectivity index (χ4v) is 2.70. The molecule has 0 aliphatic rings. The fourth-order valence-electron chi connectivity index (χ4n) is 1.87. The molecule has 0 saturated carbocycles. The monoisotopic (exact) mass is 358 g/mol. The predicted molar refractivity (Wildman–Crippen MR) is 81.3 cm³/mol. The SMILES string of the molecule is COc1ccc(C(Cl)c2ccc(OC)c(Br)c2)cc1F. The first-order chi connectivity index (χ1) is 9.56. The summed E-state index contributed by atoms with van der Waals surface area (Å²) in [7, 11) is 3.02. The van der Waals surface area contributed by atoms with Crippen LogP contribution in [0.2, 0.25) is 0 Å². The van der Waals surface area contributed by atoms with E-state index in [2.05, 4.69) is 15.9 Å². The molecular weight excluding hydrogens is 347 g/mol. The molecule has 0 radical (unpaired) electrons. The van der Waals surface area contributed by atoms with Crippen molar-refractivity contribution in [2.75, 3.05) is 14.2 Å². The lowest BCUT2D eigenvalue weighted by Gasteiger charge is -2.13. The fraction of sp³-hybridized carbons (Fsp3) is 0.200. The van der Waals surface area contributed by atoms with E-state index in [1.54, 1.807) is 19.2 Å². The summed E-state index contributed by atoms with van der Waals surface area (Å²) in [5.41, 5.74) is 1.52. The first-order valence-corrected chi connectivity index (χ1v) is 7.10. The molecule has 2 nitrogen and oxygen atoms in total. The minimum absolute atomic E-state index is 0.202. The van der Waals surface area contributed by atoms with E-state index in [4.69, 9.17) is 21.1 Å². The Bertz CT molecular complexity index is 565. The van der Waals surface area contributed by atoms with E-state index >= 15 is 0 Å². The zero-order valence-corrected chi connectivity index (χ0v) is 13.3. The Morgan fingerprint density at radius 2 is 1.55 bits per heavy atom. The number of ether oxygens (including phenoxy) is 2. The third-order valence-electron chi connectivity index (χ3n) is 2.94. The van der Waals surface area contributed by atoms with Crippen molar-refractivity contribution in [2.24, 2.45) is 0 Å². The van der Waals surface area contributed by atoms with Gasteiger partial charge in [0.2, 0.25) is 0 Å². The highest BCUT2D eigenvalue weighted by Crippen LogP contribution is 2.35. The van der Waals surface area contributed by atoms with E-state index in [-0.39, 0.29) is 5.75 Å². The van der Waals surface area contributed by atoms with Gasteiger partial charge in [0.25, 0.3) is 0 Å². The summed E-state index contributed by atoms with van der Waals surface area (Å²) in [6.45, 7) is 0. The topological polar surface area (TPSA) is 18.5 Å². The van der Waals surface area contributed by atoms with Crippen LogP contribution in [0.4, 0.5) is 4.39 Å². The molecule has 106 valence electrons. The molecule has 0 aliphatic heterocycles. The molecule has 5 heteroatoms. The van der Waals surface area contributed by atoms with Crippen LogP contribution < -0.4 is 9.47 Å². The Morgan fingerprint density at radius 3 is 2.05 bits per heavy atom. The highest BCUT2D eigenvalue weighted by Gasteiger charge is 2.15. The maximum absolute atomic E-state index is 13.7. The highest BCUT2D eigenvalue weighted by atomic mass is 79.9. The van der Waals surface area contributed by atoms with Gasteiger partial charge in [0, 0.05) is 0 Å². The van der Waals surface area contributed by atoms with Gasteiger partial charge in [-0.05, 0) is 51.3 Å².